The first kappa shape index (κ1) is 21.3. The molecule has 3 saturated carbocycles. The average molecular weight is 419 g/mol. The van der Waals surface area contributed by atoms with Gasteiger partial charge in [0.1, 0.15) is 5.60 Å². The summed E-state index contributed by atoms with van der Waals surface area (Å²) in [7, 11) is 0. The third-order valence-corrected chi connectivity index (χ3v) is 9.99. The van der Waals surface area contributed by atoms with E-state index in [1.165, 1.54) is 24.8 Å². The van der Waals surface area contributed by atoms with E-state index in [-0.39, 0.29) is 22.9 Å². The monoisotopic (exact) mass is 418 g/mol. The van der Waals surface area contributed by atoms with Gasteiger partial charge < -0.3 is 10.2 Å². The van der Waals surface area contributed by atoms with Gasteiger partial charge in [-0.05, 0) is 99.0 Å². The second-order valence-corrected chi connectivity index (χ2v) is 11.6. The van der Waals surface area contributed by atoms with E-state index >= 15 is 0 Å². The fraction of sp³-hybridized carbons (Fsp3) is 0.655. The Labute approximate surface area is 188 Å². The van der Waals surface area contributed by atoms with Crippen molar-refractivity contribution in [1.29, 1.82) is 0 Å². The zero-order valence-electron chi connectivity index (χ0n) is 19.4. The van der Waals surface area contributed by atoms with Crippen molar-refractivity contribution >= 4 is 0 Å². The number of fused-ring (bicyclic) bond motifs is 5. The first-order valence-electron chi connectivity index (χ1n) is 12.4. The maximum absolute atomic E-state index is 11.5. The molecule has 0 radical (unpaired) electrons. The number of aliphatic hydroxyl groups is 2. The quantitative estimate of drug-likeness (QED) is 0.452. The number of hydrogen-bond acceptors (Lipinski definition) is 2. The van der Waals surface area contributed by atoms with Crippen LogP contribution in [0.1, 0.15) is 77.7 Å². The summed E-state index contributed by atoms with van der Waals surface area (Å²) in [6, 6.07) is 10.0. The van der Waals surface area contributed by atoms with E-state index in [1.807, 2.05) is 37.3 Å². The molecule has 2 N–H and O–H groups in total. The molecular formula is C29H38O2. The predicted octanol–water partition coefficient (Wildman–Crippen LogP) is 5.73. The van der Waals surface area contributed by atoms with Crippen LogP contribution in [-0.4, -0.2) is 21.9 Å². The molecule has 0 aromatic heterocycles. The van der Waals surface area contributed by atoms with Crippen molar-refractivity contribution in [2.24, 2.45) is 34.5 Å². The molecule has 3 fully saturated rings. The Morgan fingerprint density at radius 1 is 1.00 bits per heavy atom. The van der Waals surface area contributed by atoms with Crippen molar-refractivity contribution in [3.8, 4) is 11.8 Å². The third kappa shape index (κ3) is 3.40. The molecule has 166 valence electrons. The standard InChI is InChI=1S/C29H38O2/c1-27-16-14-22(30)19-21(27)9-10-23-24-11-12-26(28(24,2)17-15-25(23)27)29(3,31)18-13-20-7-5-4-6-8-20/h4-9,22-26,30-31H,10-12,14-17,19H2,1-3H3/t22-,23-,24-,25-,26-,27-,28-,29+/m0/s1. The van der Waals surface area contributed by atoms with E-state index in [9.17, 15) is 10.2 Å². The highest BCUT2D eigenvalue weighted by Gasteiger charge is 2.61. The summed E-state index contributed by atoms with van der Waals surface area (Å²) in [5, 5.41) is 21.8. The van der Waals surface area contributed by atoms with Gasteiger partial charge in [0.2, 0.25) is 0 Å². The lowest BCUT2D eigenvalue weighted by atomic mass is 9.47. The van der Waals surface area contributed by atoms with E-state index < -0.39 is 5.60 Å². The van der Waals surface area contributed by atoms with Gasteiger partial charge in [-0.25, -0.2) is 0 Å². The highest BCUT2D eigenvalue weighted by molar-refractivity contribution is 5.36. The van der Waals surface area contributed by atoms with E-state index in [2.05, 4.69) is 31.8 Å². The zero-order valence-corrected chi connectivity index (χ0v) is 19.4. The Morgan fingerprint density at radius 3 is 2.55 bits per heavy atom. The Morgan fingerprint density at radius 2 is 1.77 bits per heavy atom. The molecule has 5 rings (SSSR count). The van der Waals surface area contributed by atoms with E-state index in [0.717, 1.165) is 43.6 Å². The van der Waals surface area contributed by atoms with Crippen LogP contribution in [0.3, 0.4) is 0 Å². The van der Waals surface area contributed by atoms with Crippen LogP contribution in [0.25, 0.3) is 0 Å². The molecule has 2 heteroatoms. The van der Waals surface area contributed by atoms with Gasteiger partial charge in [0, 0.05) is 11.5 Å². The van der Waals surface area contributed by atoms with Gasteiger partial charge in [-0.15, -0.1) is 0 Å². The molecule has 31 heavy (non-hydrogen) atoms. The van der Waals surface area contributed by atoms with Crippen molar-refractivity contribution < 1.29 is 10.2 Å². The molecule has 2 nitrogen and oxygen atoms in total. The van der Waals surface area contributed by atoms with Crippen LogP contribution in [0.4, 0.5) is 0 Å². The molecule has 0 bridgehead atoms. The maximum Gasteiger partial charge on any atom is 0.126 e. The average Bonchev–Trinajstić information content (AvgIpc) is 3.12. The SMILES string of the molecule is C[C@]12CC[C@H]3[C@@H](CC=C4C[C@@H](O)CC[C@@]43C)[C@@H]1CC[C@@H]2[C@](C)(O)C#Cc1ccccc1. The maximum atomic E-state index is 11.5. The van der Waals surface area contributed by atoms with Crippen molar-refractivity contribution in [2.75, 3.05) is 0 Å². The van der Waals surface area contributed by atoms with Crippen LogP contribution in [0, 0.1) is 46.3 Å². The number of rotatable bonds is 1. The minimum atomic E-state index is -0.958. The molecule has 0 heterocycles. The van der Waals surface area contributed by atoms with E-state index in [1.54, 1.807) is 0 Å². The molecule has 4 aliphatic carbocycles. The predicted molar refractivity (Wildman–Crippen MR) is 125 cm³/mol. The number of benzene rings is 1. The minimum absolute atomic E-state index is 0.140. The molecule has 0 spiro atoms. The van der Waals surface area contributed by atoms with Gasteiger partial charge in [0.05, 0.1) is 6.10 Å². The first-order chi connectivity index (χ1) is 14.7. The highest BCUT2D eigenvalue weighted by atomic mass is 16.3. The van der Waals surface area contributed by atoms with Crippen LogP contribution >= 0.6 is 0 Å². The molecule has 0 unspecified atom stereocenters. The van der Waals surface area contributed by atoms with Gasteiger partial charge in [-0.2, -0.15) is 0 Å². The Hall–Kier alpha value is -1.56. The van der Waals surface area contributed by atoms with Crippen molar-refractivity contribution in [3.05, 3.63) is 47.5 Å². The Kier molecular flexibility index (Phi) is 5.15. The zero-order chi connectivity index (χ0) is 21.9. The smallest absolute Gasteiger partial charge is 0.126 e. The first-order valence-corrected chi connectivity index (χ1v) is 12.4. The molecule has 1 aromatic rings. The fourth-order valence-electron chi connectivity index (χ4n) is 8.37. The lowest BCUT2D eigenvalue weighted by Gasteiger charge is -2.58. The molecule has 0 aliphatic heterocycles. The van der Waals surface area contributed by atoms with Crippen LogP contribution in [0.2, 0.25) is 0 Å². The molecule has 0 amide bonds. The van der Waals surface area contributed by atoms with Crippen LogP contribution < -0.4 is 0 Å². The summed E-state index contributed by atoms with van der Waals surface area (Å²) in [4.78, 5) is 0. The van der Waals surface area contributed by atoms with E-state index in [4.69, 9.17) is 0 Å². The van der Waals surface area contributed by atoms with E-state index in [0.29, 0.717) is 11.8 Å². The molecular weight excluding hydrogens is 380 g/mol. The van der Waals surface area contributed by atoms with Crippen molar-refractivity contribution in [3.63, 3.8) is 0 Å². The van der Waals surface area contributed by atoms with Gasteiger partial charge >= 0.3 is 0 Å². The second kappa shape index (κ2) is 7.50. The van der Waals surface area contributed by atoms with Gasteiger partial charge in [-0.3, -0.25) is 0 Å². The highest BCUT2D eigenvalue weighted by Crippen LogP contribution is 2.67. The van der Waals surface area contributed by atoms with Crippen LogP contribution in [0.5, 0.6) is 0 Å². The molecule has 8 atom stereocenters. The summed E-state index contributed by atoms with van der Waals surface area (Å²) in [5.41, 5.74) is 1.99. The lowest BCUT2D eigenvalue weighted by molar-refractivity contribution is -0.0826. The summed E-state index contributed by atoms with van der Waals surface area (Å²) in [5.74, 6) is 8.86. The summed E-state index contributed by atoms with van der Waals surface area (Å²) in [6.45, 7) is 6.89. The molecule has 1 aromatic carbocycles. The van der Waals surface area contributed by atoms with Gasteiger partial charge in [0.15, 0.2) is 0 Å². The Balaban J connectivity index is 1.41. The topological polar surface area (TPSA) is 40.5 Å². The van der Waals surface area contributed by atoms with Gasteiger partial charge in [-0.1, -0.05) is 55.5 Å². The van der Waals surface area contributed by atoms with Crippen molar-refractivity contribution in [2.45, 2.75) is 83.8 Å². The second-order valence-electron chi connectivity index (χ2n) is 11.6. The third-order valence-electron chi connectivity index (χ3n) is 9.99. The lowest BCUT2D eigenvalue weighted by Crippen LogP contribution is -2.52. The largest absolute Gasteiger partial charge is 0.393 e. The number of hydrogen-bond donors (Lipinski definition) is 2. The minimum Gasteiger partial charge on any atom is -0.393 e. The van der Waals surface area contributed by atoms with Gasteiger partial charge in [0.25, 0.3) is 0 Å². The Bertz CT molecular complexity index is 919. The van der Waals surface area contributed by atoms with Crippen molar-refractivity contribution in [1.82, 2.24) is 0 Å². The number of allylic oxidation sites excluding steroid dienone is 1. The number of aliphatic hydroxyl groups excluding tert-OH is 1. The van der Waals surface area contributed by atoms with Crippen LogP contribution in [0.15, 0.2) is 42.0 Å². The summed E-state index contributed by atoms with van der Waals surface area (Å²) >= 11 is 0. The molecule has 0 saturated heterocycles. The van der Waals surface area contributed by atoms with Crippen LogP contribution in [-0.2, 0) is 0 Å². The summed E-state index contributed by atoms with van der Waals surface area (Å²) < 4.78 is 0. The summed E-state index contributed by atoms with van der Waals surface area (Å²) in [6.07, 6.45) is 11.2. The fourth-order valence-corrected chi connectivity index (χ4v) is 8.37. The molecule has 4 aliphatic rings. The normalized spacial score (nSPS) is 43.4.